The predicted molar refractivity (Wildman–Crippen MR) is 79.4 cm³/mol. The lowest BCUT2D eigenvalue weighted by molar-refractivity contribution is -0.140. The fourth-order valence-corrected chi connectivity index (χ4v) is 4.86. The molecule has 0 radical (unpaired) electrons. The number of carboxylic acids is 1. The van der Waals surface area contributed by atoms with E-state index in [2.05, 4.69) is 0 Å². The summed E-state index contributed by atoms with van der Waals surface area (Å²) in [7, 11) is -3.79. The summed E-state index contributed by atoms with van der Waals surface area (Å²) >= 11 is 0. The van der Waals surface area contributed by atoms with Crippen LogP contribution < -0.4 is 4.74 Å². The first-order valence-electron chi connectivity index (χ1n) is 7.27. The predicted octanol–water partition coefficient (Wildman–Crippen LogP) is 1.64. The van der Waals surface area contributed by atoms with E-state index in [9.17, 15) is 18.3 Å². The van der Waals surface area contributed by atoms with Crippen molar-refractivity contribution in [1.82, 2.24) is 4.31 Å². The summed E-state index contributed by atoms with van der Waals surface area (Å²) in [5.41, 5.74) is 0.499. The average molecular weight is 325 g/mol. The van der Waals surface area contributed by atoms with Crippen molar-refractivity contribution in [3.8, 4) is 5.75 Å². The van der Waals surface area contributed by atoms with Crippen LogP contribution in [0.3, 0.4) is 0 Å². The molecule has 120 valence electrons. The van der Waals surface area contributed by atoms with Crippen molar-refractivity contribution in [1.29, 1.82) is 0 Å². The Bertz CT molecular complexity index is 725. The highest BCUT2D eigenvalue weighted by Crippen LogP contribution is 2.37. The number of hydrogen-bond acceptors (Lipinski definition) is 4. The van der Waals surface area contributed by atoms with E-state index >= 15 is 0 Å². The van der Waals surface area contributed by atoms with Gasteiger partial charge in [0.2, 0.25) is 10.0 Å². The monoisotopic (exact) mass is 325 g/mol. The summed E-state index contributed by atoms with van der Waals surface area (Å²) < 4.78 is 32.3. The molecule has 0 saturated carbocycles. The lowest BCUT2D eigenvalue weighted by Gasteiger charge is -2.21. The van der Waals surface area contributed by atoms with Crippen molar-refractivity contribution < 1.29 is 23.1 Å². The quantitative estimate of drug-likeness (QED) is 0.913. The molecule has 2 aliphatic heterocycles. The lowest BCUT2D eigenvalue weighted by Crippen LogP contribution is -2.40. The average Bonchev–Trinajstić information content (AvgIpc) is 2.99. The SMILES string of the molecule is CC1(C)Cc2cc(S(=O)(=O)N3CCC[C@@H]3C(=O)O)ccc2O1. The minimum Gasteiger partial charge on any atom is -0.487 e. The van der Waals surface area contributed by atoms with Gasteiger partial charge in [-0.15, -0.1) is 0 Å². The van der Waals surface area contributed by atoms with Crippen LogP contribution in [0.4, 0.5) is 0 Å². The van der Waals surface area contributed by atoms with Gasteiger partial charge in [0.15, 0.2) is 0 Å². The zero-order valence-corrected chi connectivity index (χ0v) is 13.4. The Morgan fingerprint density at radius 3 is 2.82 bits per heavy atom. The Balaban J connectivity index is 1.96. The maximum Gasteiger partial charge on any atom is 0.322 e. The van der Waals surface area contributed by atoms with Gasteiger partial charge in [-0.2, -0.15) is 4.31 Å². The van der Waals surface area contributed by atoms with Crippen molar-refractivity contribution in [2.24, 2.45) is 0 Å². The molecule has 0 amide bonds. The summed E-state index contributed by atoms with van der Waals surface area (Å²) in [6, 6.07) is 3.79. The van der Waals surface area contributed by atoms with Crippen LogP contribution in [0.2, 0.25) is 0 Å². The number of carboxylic acid groups (broad SMARTS) is 1. The van der Waals surface area contributed by atoms with Crippen LogP contribution in [0.15, 0.2) is 23.1 Å². The molecule has 0 aliphatic carbocycles. The summed E-state index contributed by atoms with van der Waals surface area (Å²) in [6.45, 7) is 4.14. The molecular formula is C15H19NO5S. The first kappa shape index (κ1) is 15.3. The van der Waals surface area contributed by atoms with Crippen LogP contribution in [0.5, 0.6) is 5.75 Å². The summed E-state index contributed by atoms with van der Waals surface area (Å²) in [4.78, 5) is 11.4. The molecule has 7 heteroatoms. The van der Waals surface area contributed by atoms with E-state index in [1.165, 1.54) is 6.07 Å². The number of benzene rings is 1. The van der Waals surface area contributed by atoms with Crippen LogP contribution in [0.25, 0.3) is 0 Å². The first-order valence-corrected chi connectivity index (χ1v) is 8.71. The van der Waals surface area contributed by atoms with Gasteiger partial charge in [-0.25, -0.2) is 8.42 Å². The van der Waals surface area contributed by atoms with E-state index in [1.54, 1.807) is 12.1 Å². The molecule has 2 heterocycles. The first-order chi connectivity index (χ1) is 10.2. The third kappa shape index (κ3) is 2.48. The molecule has 0 spiro atoms. The second kappa shape index (κ2) is 4.96. The number of ether oxygens (including phenoxy) is 1. The largest absolute Gasteiger partial charge is 0.487 e. The molecule has 0 aromatic heterocycles. The van der Waals surface area contributed by atoms with Gasteiger partial charge >= 0.3 is 5.97 Å². The van der Waals surface area contributed by atoms with Crippen LogP contribution in [0.1, 0.15) is 32.3 Å². The smallest absolute Gasteiger partial charge is 0.322 e. The van der Waals surface area contributed by atoms with E-state index in [0.717, 1.165) is 9.87 Å². The van der Waals surface area contributed by atoms with Gasteiger partial charge in [0, 0.05) is 13.0 Å². The molecule has 3 rings (SSSR count). The summed E-state index contributed by atoms with van der Waals surface area (Å²) in [5.74, 6) is -0.396. The van der Waals surface area contributed by atoms with Gasteiger partial charge in [0.25, 0.3) is 0 Å². The van der Waals surface area contributed by atoms with E-state index in [1.807, 2.05) is 13.8 Å². The number of aliphatic carboxylic acids is 1. The molecule has 22 heavy (non-hydrogen) atoms. The second-order valence-electron chi connectivity index (χ2n) is 6.42. The number of fused-ring (bicyclic) bond motifs is 1. The zero-order chi connectivity index (χ0) is 16.1. The zero-order valence-electron chi connectivity index (χ0n) is 12.6. The van der Waals surface area contributed by atoms with Crippen molar-refractivity contribution in [2.45, 2.75) is 49.6 Å². The Morgan fingerprint density at radius 1 is 1.41 bits per heavy atom. The molecule has 0 unspecified atom stereocenters. The maximum absolute atomic E-state index is 12.7. The van der Waals surface area contributed by atoms with Crippen LogP contribution >= 0.6 is 0 Å². The molecule has 1 atom stereocenters. The Hall–Kier alpha value is -1.60. The van der Waals surface area contributed by atoms with Gasteiger partial charge in [-0.1, -0.05) is 0 Å². The van der Waals surface area contributed by atoms with Gasteiger partial charge in [-0.3, -0.25) is 4.79 Å². The van der Waals surface area contributed by atoms with Gasteiger partial charge in [0.1, 0.15) is 17.4 Å². The number of nitrogens with zero attached hydrogens (tertiary/aromatic N) is 1. The summed E-state index contributed by atoms with van der Waals surface area (Å²) in [6.07, 6.45) is 1.56. The highest BCUT2D eigenvalue weighted by Gasteiger charge is 2.40. The second-order valence-corrected chi connectivity index (χ2v) is 8.31. The van der Waals surface area contributed by atoms with Gasteiger partial charge < -0.3 is 9.84 Å². The topological polar surface area (TPSA) is 83.9 Å². The van der Waals surface area contributed by atoms with Gasteiger partial charge in [0.05, 0.1) is 4.90 Å². The van der Waals surface area contributed by atoms with E-state index < -0.39 is 22.0 Å². The molecule has 0 bridgehead atoms. The number of hydrogen-bond donors (Lipinski definition) is 1. The van der Waals surface area contributed by atoms with Crippen molar-refractivity contribution in [3.05, 3.63) is 23.8 Å². The number of sulfonamides is 1. The molecule has 1 N–H and O–H groups in total. The standard InChI is InChI=1S/C15H19NO5S/c1-15(2)9-10-8-11(5-6-13(10)21-15)22(19,20)16-7-3-4-12(16)14(17)18/h5-6,8,12H,3-4,7,9H2,1-2H3,(H,17,18)/t12-/m1/s1. The Labute approximate surface area is 129 Å². The third-order valence-corrected chi connectivity index (χ3v) is 6.03. The molecule has 1 aromatic carbocycles. The molecule has 2 aliphatic rings. The summed E-state index contributed by atoms with van der Waals surface area (Å²) in [5, 5.41) is 9.19. The Morgan fingerprint density at radius 2 is 2.14 bits per heavy atom. The van der Waals surface area contributed by atoms with E-state index in [0.29, 0.717) is 25.0 Å². The van der Waals surface area contributed by atoms with Crippen LogP contribution in [0, 0.1) is 0 Å². The fraction of sp³-hybridized carbons (Fsp3) is 0.533. The van der Waals surface area contributed by atoms with Crippen LogP contribution in [-0.2, 0) is 21.2 Å². The minimum absolute atomic E-state index is 0.140. The van der Waals surface area contributed by atoms with Crippen LogP contribution in [-0.4, -0.2) is 42.0 Å². The third-order valence-electron chi connectivity index (χ3n) is 4.13. The Kier molecular flexibility index (Phi) is 3.45. The van der Waals surface area contributed by atoms with Crippen molar-refractivity contribution in [2.75, 3.05) is 6.54 Å². The highest BCUT2D eigenvalue weighted by molar-refractivity contribution is 7.89. The van der Waals surface area contributed by atoms with Crippen molar-refractivity contribution >= 4 is 16.0 Å². The highest BCUT2D eigenvalue weighted by atomic mass is 32.2. The molecule has 6 nitrogen and oxygen atoms in total. The molecule has 1 saturated heterocycles. The maximum atomic E-state index is 12.7. The lowest BCUT2D eigenvalue weighted by atomic mass is 10.0. The molecular weight excluding hydrogens is 306 g/mol. The van der Waals surface area contributed by atoms with E-state index in [4.69, 9.17) is 4.74 Å². The minimum atomic E-state index is -3.79. The normalized spacial score (nSPS) is 24.0. The number of rotatable bonds is 3. The van der Waals surface area contributed by atoms with Gasteiger partial charge in [-0.05, 0) is 50.5 Å². The number of carbonyl (C=O) groups is 1. The van der Waals surface area contributed by atoms with Crippen molar-refractivity contribution in [3.63, 3.8) is 0 Å². The van der Waals surface area contributed by atoms with E-state index in [-0.39, 0.29) is 17.0 Å². The fourth-order valence-electron chi connectivity index (χ4n) is 3.16. The molecule has 1 aromatic rings. The molecule has 1 fully saturated rings.